The Morgan fingerprint density at radius 3 is 2.25 bits per heavy atom. The highest BCUT2D eigenvalue weighted by atomic mass is 35.5. The van der Waals surface area contributed by atoms with Crippen molar-refractivity contribution in [2.45, 2.75) is 31.3 Å². The number of nitrogens with zero attached hydrogens (tertiary/aromatic N) is 2. The van der Waals surface area contributed by atoms with E-state index in [0.717, 1.165) is 81.9 Å². The lowest BCUT2D eigenvalue weighted by Crippen LogP contribution is -2.35. The molecular formula is C45H47ClN3O5P. The molecule has 0 saturated heterocycles. The number of anilines is 1. The first-order valence-corrected chi connectivity index (χ1v) is 20.0. The zero-order valence-electron chi connectivity index (χ0n) is 31.5. The van der Waals surface area contributed by atoms with Gasteiger partial charge in [-0.1, -0.05) is 90.8 Å². The number of benzene rings is 5. The van der Waals surface area contributed by atoms with Gasteiger partial charge in [0.25, 0.3) is 0 Å². The summed E-state index contributed by atoms with van der Waals surface area (Å²) in [6.45, 7) is 1.66. The molecule has 2 atom stereocenters. The average Bonchev–Trinajstić information content (AvgIpc) is 3.23. The summed E-state index contributed by atoms with van der Waals surface area (Å²) in [6.07, 6.45) is 4.01. The fraction of sp³-hybridized carbons (Fsp3) is 0.289. The number of hydrogen-bond acceptors (Lipinski definition) is 8. The largest absolute Gasteiger partial charge is 0.497 e. The molecule has 5 aromatic carbocycles. The summed E-state index contributed by atoms with van der Waals surface area (Å²) >= 11 is 6.37. The monoisotopic (exact) mass is 775 g/mol. The third-order valence-corrected chi connectivity index (χ3v) is 11.1. The van der Waals surface area contributed by atoms with Crippen LogP contribution in [0.5, 0.6) is 17.2 Å². The Hall–Kier alpha value is -4.90. The predicted molar refractivity (Wildman–Crippen MR) is 224 cm³/mol. The minimum atomic E-state index is -1.000. The summed E-state index contributed by atoms with van der Waals surface area (Å²) in [5.41, 5.74) is 4.57. The first-order chi connectivity index (χ1) is 27.0. The SMILES string of the molecule is COc1ccc2nc3cc(Cl)ccc3c(NCCCCC(COC(c3ccccc3)(c3ccccc3)c3cccc(OC)c3OC)CPOCCC#N)c2c1. The molecule has 6 rings (SSSR count). The zero-order chi connectivity index (χ0) is 38.5. The van der Waals surface area contributed by atoms with Crippen molar-refractivity contribution in [1.82, 2.24) is 4.98 Å². The Bertz CT molecular complexity index is 2160. The average molecular weight is 776 g/mol. The second-order valence-corrected chi connectivity index (χ2v) is 14.6. The molecule has 2 unspecified atom stereocenters. The van der Waals surface area contributed by atoms with Crippen LogP contribution in [0.1, 0.15) is 42.4 Å². The highest BCUT2D eigenvalue weighted by Gasteiger charge is 2.41. The van der Waals surface area contributed by atoms with Gasteiger partial charge in [0.15, 0.2) is 11.5 Å². The van der Waals surface area contributed by atoms with Crippen molar-refractivity contribution in [2.75, 3.05) is 52.6 Å². The lowest BCUT2D eigenvalue weighted by molar-refractivity contribution is -0.00785. The van der Waals surface area contributed by atoms with Crippen molar-refractivity contribution in [1.29, 1.82) is 5.26 Å². The molecule has 1 N–H and O–H groups in total. The number of para-hydroxylation sites is 1. The van der Waals surface area contributed by atoms with Crippen LogP contribution < -0.4 is 19.5 Å². The Morgan fingerprint density at radius 2 is 1.56 bits per heavy atom. The number of halogens is 1. The Labute approximate surface area is 330 Å². The summed E-state index contributed by atoms with van der Waals surface area (Å²) in [6, 6.07) is 40.5. The van der Waals surface area contributed by atoms with Crippen LogP contribution in [-0.4, -0.2) is 52.2 Å². The Kier molecular flexibility index (Phi) is 14.2. The zero-order valence-corrected chi connectivity index (χ0v) is 33.3. The number of nitriles is 1. The number of fused-ring (bicyclic) bond motifs is 2. The molecule has 10 heteroatoms. The first-order valence-electron chi connectivity index (χ1n) is 18.5. The molecule has 0 saturated carbocycles. The van der Waals surface area contributed by atoms with E-state index in [1.165, 1.54) is 0 Å². The molecule has 8 nitrogen and oxygen atoms in total. The summed E-state index contributed by atoms with van der Waals surface area (Å²) in [7, 11) is 5.25. The Balaban J connectivity index is 1.26. The van der Waals surface area contributed by atoms with Crippen LogP contribution in [-0.2, 0) is 14.9 Å². The number of hydrogen-bond donors (Lipinski definition) is 1. The molecule has 0 spiro atoms. The molecule has 284 valence electrons. The number of unbranched alkanes of at least 4 members (excludes halogenated alkanes) is 1. The quantitative estimate of drug-likeness (QED) is 0.0354. The van der Waals surface area contributed by atoms with Crippen LogP contribution in [0.2, 0.25) is 5.02 Å². The van der Waals surface area contributed by atoms with E-state index in [9.17, 15) is 0 Å². The number of rotatable bonds is 20. The minimum Gasteiger partial charge on any atom is -0.497 e. The standard InChI is InChI=1S/C45H47ClN3O5P/c1-50-36-22-24-40-38(29-36)43(37-23-21-35(46)28-41(37)49-40)48-26-11-10-14-32(31-55-54-27-13-25-47)30-53-45(33-15-6-4-7-16-33,34-17-8-5-9-18-34)39-19-12-20-42(51-2)44(39)52-3/h4-9,12,15-24,28-29,32,55H,10-11,13-14,26-27,30-31H2,1-3H3,(H,48,49). The van der Waals surface area contributed by atoms with Gasteiger partial charge >= 0.3 is 0 Å². The van der Waals surface area contributed by atoms with Crippen LogP contribution in [0, 0.1) is 17.2 Å². The van der Waals surface area contributed by atoms with Gasteiger partial charge < -0.3 is 28.8 Å². The maximum Gasteiger partial charge on any atom is 0.167 e. The number of ether oxygens (including phenoxy) is 4. The summed E-state index contributed by atoms with van der Waals surface area (Å²) < 4.78 is 30.7. The molecule has 0 bridgehead atoms. The van der Waals surface area contributed by atoms with E-state index in [0.29, 0.717) is 36.2 Å². The normalized spacial score (nSPS) is 12.2. The van der Waals surface area contributed by atoms with Gasteiger partial charge in [-0.2, -0.15) is 5.26 Å². The molecule has 0 amide bonds. The Morgan fingerprint density at radius 1 is 0.800 bits per heavy atom. The van der Waals surface area contributed by atoms with E-state index >= 15 is 0 Å². The summed E-state index contributed by atoms with van der Waals surface area (Å²) in [5.74, 6) is 2.21. The van der Waals surface area contributed by atoms with Crippen molar-refractivity contribution in [3.63, 3.8) is 0 Å². The van der Waals surface area contributed by atoms with Crippen molar-refractivity contribution in [3.8, 4) is 23.3 Å². The number of aromatic nitrogens is 1. The van der Waals surface area contributed by atoms with Crippen LogP contribution in [0.25, 0.3) is 21.8 Å². The summed E-state index contributed by atoms with van der Waals surface area (Å²) in [5, 5.41) is 15.5. The predicted octanol–water partition coefficient (Wildman–Crippen LogP) is 10.8. The maximum absolute atomic E-state index is 9.07. The molecule has 0 aliphatic rings. The molecule has 0 aliphatic heterocycles. The minimum absolute atomic E-state index is 0.179. The van der Waals surface area contributed by atoms with Gasteiger partial charge in [-0.3, -0.25) is 0 Å². The van der Waals surface area contributed by atoms with Gasteiger partial charge in [-0.15, -0.1) is 0 Å². The lowest BCUT2D eigenvalue weighted by atomic mass is 9.79. The first kappa shape index (κ1) is 39.8. The molecule has 1 heterocycles. The molecule has 0 radical (unpaired) electrons. The van der Waals surface area contributed by atoms with Crippen LogP contribution >= 0.6 is 20.4 Å². The van der Waals surface area contributed by atoms with Gasteiger partial charge in [-0.25, -0.2) is 4.98 Å². The van der Waals surface area contributed by atoms with E-state index in [4.69, 9.17) is 45.3 Å². The molecule has 0 aliphatic carbocycles. The van der Waals surface area contributed by atoms with Gasteiger partial charge in [0.05, 0.1) is 63.8 Å². The van der Waals surface area contributed by atoms with Crippen molar-refractivity contribution in [2.24, 2.45) is 5.92 Å². The third kappa shape index (κ3) is 9.32. The topological polar surface area (TPSA) is 94.9 Å². The van der Waals surface area contributed by atoms with Crippen molar-refractivity contribution < 1.29 is 23.5 Å². The smallest absolute Gasteiger partial charge is 0.167 e. The van der Waals surface area contributed by atoms with Gasteiger partial charge in [-0.05, 0) is 78.5 Å². The lowest BCUT2D eigenvalue weighted by Gasteiger charge is -2.38. The van der Waals surface area contributed by atoms with E-state index in [1.807, 2.05) is 84.9 Å². The van der Waals surface area contributed by atoms with Crippen LogP contribution in [0.3, 0.4) is 0 Å². The van der Waals surface area contributed by atoms with Crippen LogP contribution in [0.4, 0.5) is 5.69 Å². The molecule has 6 aromatic rings. The molecular weight excluding hydrogens is 729 g/mol. The summed E-state index contributed by atoms with van der Waals surface area (Å²) in [4.78, 5) is 4.88. The van der Waals surface area contributed by atoms with Gasteiger partial charge in [0.2, 0.25) is 0 Å². The van der Waals surface area contributed by atoms with Crippen molar-refractivity contribution in [3.05, 3.63) is 137 Å². The van der Waals surface area contributed by atoms with Gasteiger partial charge in [0.1, 0.15) is 11.4 Å². The van der Waals surface area contributed by atoms with Crippen LogP contribution in [0.15, 0.2) is 115 Å². The highest BCUT2D eigenvalue weighted by molar-refractivity contribution is 7.32. The second kappa shape index (κ2) is 19.6. The van der Waals surface area contributed by atoms with E-state index in [-0.39, 0.29) is 14.7 Å². The van der Waals surface area contributed by atoms with Gasteiger partial charge in [0, 0.05) is 36.7 Å². The number of pyridine rings is 1. The fourth-order valence-electron chi connectivity index (χ4n) is 7.05. The maximum atomic E-state index is 9.07. The van der Waals surface area contributed by atoms with E-state index in [2.05, 4.69) is 41.7 Å². The number of nitrogens with one attached hydrogen (secondary N) is 1. The van der Waals surface area contributed by atoms with E-state index in [1.54, 1.807) is 21.3 Å². The molecule has 0 fully saturated rings. The van der Waals surface area contributed by atoms with E-state index < -0.39 is 5.60 Å². The van der Waals surface area contributed by atoms with Crippen molar-refractivity contribution >= 4 is 47.9 Å². The molecule has 1 aromatic heterocycles. The molecule has 55 heavy (non-hydrogen) atoms. The third-order valence-electron chi connectivity index (χ3n) is 9.75. The highest BCUT2D eigenvalue weighted by Crippen LogP contribution is 2.48. The fourth-order valence-corrected chi connectivity index (χ4v) is 8.14. The second-order valence-electron chi connectivity index (χ2n) is 13.2. The number of methoxy groups -OCH3 is 3.